The molecule has 0 bridgehead atoms. The van der Waals surface area contributed by atoms with E-state index in [-0.39, 0.29) is 11.9 Å². The summed E-state index contributed by atoms with van der Waals surface area (Å²) in [6, 6.07) is 8.31. The molecule has 0 spiro atoms. The Labute approximate surface area is 118 Å². The van der Waals surface area contributed by atoms with Crippen LogP contribution in [0.5, 0.6) is 0 Å². The number of hydrogen-bond acceptors (Lipinski definition) is 2. The van der Waals surface area contributed by atoms with Gasteiger partial charge in [0.1, 0.15) is 0 Å². The smallest absolute Gasteiger partial charge is 0.224 e. The van der Waals surface area contributed by atoms with Gasteiger partial charge in [-0.2, -0.15) is 0 Å². The average Bonchev–Trinajstić information content (AvgIpc) is 2.32. The van der Waals surface area contributed by atoms with E-state index in [0.717, 1.165) is 16.6 Å². The summed E-state index contributed by atoms with van der Waals surface area (Å²) in [5.74, 6) is 0.194. The summed E-state index contributed by atoms with van der Waals surface area (Å²) in [6.45, 7) is 5.49. The van der Waals surface area contributed by atoms with Crippen LogP contribution in [0.1, 0.15) is 25.8 Å². The van der Waals surface area contributed by atoms with E-state index in [1.807, 2.05) is 30.1 Å². The van der Waals surface area contributed by atoms with Crippen molar-refractivity contribution in [1.82, 2.24) is 10.2 Å². The third-order valence-electron chi connectivity index (χ3n) is 2.77. The van der Waals surface area contributed by atoms with Crippen molar-refractivity contribution in [2.45, 2.75) is 32.9 Å². The van der Waals surface area contributed by atoms with Crippen LogP contribution in [-0.4, -0.2) is 30.4 Å². The number of nitrogens with zero attached hydrogens (tertiary/aromatic N) is 1. The number of hydrogen-bond donors (Lipinski definition) is 1. The molecule has 0 aliphatic carbocycles. The largest absolute Gasteiger partial charge is 0.336 e. The fourth-order valence-electron chi connectivity index (χ4n) is 1.77. The molecule has 0 fully saturated rings. The predicted molar refractivity (Wildman–Crippen MR) is 78.4 cm³/mol. The van der Waals surface area contributed by atoms with Gasteiger partial charge in [0.25, 0.3) is 0 Å². The van der Waals surface area contributed by atoms with E-state index in [9.17, 15) is 4.79 Å². The van der Waals surface area contributed by atoms with Gasteiger partial charge in [-0.1, -0.05) is 28.1 Å². The molecule has 0 aromatic heterocycles. The first kappa shape index (κ1) is 15.2. The van der Waals surface area contributed by atoms with E-state index < -0.39 is 0 Å². The van der Waals surface area contributed by atoms with Crippen molar-refractivity contribution < 1.29 is 4.79 Å². The maximum atomic E-state index is 12.1. The number of rotatable bonds is 6. The SMILES string of the molecule is CNCCC(=O)N(Cc1cccc(Br)c1)C(C)C. The molecule has 1 amide bonds. The van der Waals surface area contributed by atoms with Crippen LogP contribution < -0.4 is 5.32 Å². The summed E-state index contributed by atoms with van der Waals surface area (Å²) in [4.78, 5) is 14.0. The zero-order valence-corrected chi connectivity index (χ0v) is 12.8. The highest BCUT2D eigenvalue weighted by Crippen LogP contribution is 2.15. The van der Waals surface area contributed by atoms with Gasteiger partial charge < -0.3 is 10.2 Å². The van der Waals surface area contributed by atoms with Gasteiger partial charge in [-0.15, -0.1) is 0 Å². The minimum Gasteiger partial charge on any atom is -0.336 e. The van der Waals surface area contributed by atoms with E-state index in [1.54, 1.807) is 0 Å². The molecule has 1 aromatic rings. The minimum atomic E-state index is 0.194. The van der Waals surface area contributed by atoms with Crippen LogP contribution in [0.3, 0.4) is 0 Å². The highest BCUT2D eigenvalue weighted by Gasteiger charge is 2.16. The second-order valence-corrected chi connectivity index (χ2v) is 5.51. The fourth-order valence-corrected chi connectivity index (χ4v) is 2.21. The third-order valence-corrected chi connectivity index (χ3v) is 3.27. The van der Waals surface area contributed by atoms with Gasteiger partial charge in [0.15, 0.2) is 0 Å². The molecule has 0 radical (unpaired) electrons. The predicted octanol–water partition coefficient (Wildman–Crippen LogP) is 2.80. The summed E-state index contributed by atoms with van der Waals surface area (Å²) >= 11 is 3.45. The van der Waals surface area contributed by atoms with E-state index in [1.165, 1.54) is 0 Å². The normalized spacial score (nSPS) is 10.7. The van der Waals surface area contributed by atoms with Crippen molar-refractivity contribution in [3.63, 3.8) is 0 Å². The second-order valence-electron chi connectivity index (χ2n) is 4.60. The molecule has 100 valence electrons. The number of benzene rings is 1. The Hall–Kier alpha value is -0.870. The summed E-state index contributed by atoms with van der Waals surface area (Å²) < 4.78 is 1.05. The molecule has 1 N–H and O–H groups in total. The number of amides is 1. The molecule has 1 rings (SSSR count). The maximum Gasteiger partial charge on any atom is 0.224 e. The molecule has 0 aliphatic heterocycles. The summed E-state index contributed by atoms with van der Waals surface area (Å²) in [5.41, 5.74) is 1.15. The standard InChI is InChI=1S/C14H21BrN2O/c1-11(2)17(14(18)7-8-16-3)10-12-5-4-6-13(15)9-12/h4-6,9,11,16H,7-8,10H2,1-3H3. The Balaban J connectivity index is 2.71. The van der Waals surface area contributed by atoms with Crippen molar-refractivity contribution in [3.05, 3.63) is 34.3 Å². The van der Waals surface area contributed by atoms with Crippen LogP contribution in [0, 0.1) is 0 Å². The van der Waals surface area contributed by atoms with Crippen LogP contribution in [0.2, 0.25) is 0 Å². The molecular formula is C14H21BrN2O. The van der Waals surface area contributed by atoms with Crippen LogP contribution in [0.25, 0.3) is 0 Å². The summed E-state index contributed by atoms with van der Waals surface area (Å²) in [5, 5.41) is 3.01. The van der Waals surface area contributed by atoms with E-state index in [4.69, 9.17) is 0 Å². The third kappa shape index (κ3) is 4.78. The lowest BCUT2D eigenvalue weighted by molar-refractivity contribution is -0.133. The molecular weight excluding hydrogens is 292 g/mol. The average molecular weight is 313 g/mol. The van der Waals surface area contributed by atoms with Crippen LogP contribution >= 0.6 is 15.9 Å². The van der Waals surface area contributed by atoms with Gasteiger partial charge >= 0.3 is 0 Å². The number of carbonyl (C=O) groups is 1. The molecule has 0 saturated carbocycles. The fraction of sp³-hybridized carbons (Fsp3) is 0.500. The molecule has 0 aliphatic rings. The van der Waals surface area contributed by atoms with Crippen molar-refractivity contribution in [2.75, 3.05) is 13.6 Å². The highest BCUT2D eigenvalue weighted by atomic mass is 79.9. The molecule has 0 heterocycles. The molecule has 0 saturated heterocycles. The van der Waals surface area contributed by atoms with Crippen LogP contribution in [-0.2, 0) is 11.3 Å². The first-order valence-electron chi connectivity index (χ1n) is 6.23. The quantitative estimate of drug-likeness (QED) is 0.876. The van der Waals surface area contributed by atoms with Gasteiger partial charge in [0.2, 0.25) is 5.91 Å². The Kier molecular flexibility index (Phi) is 6.36. The van der Waals surface area contributed by atoms with E-state index in [0.29, 0.717) is 13.0 Å². The summed E-state index contributed by atoms with van der Waals surface area (Å²) in [7, 11) is 1.86. The topological polar surface area (TPSA) is 32.3 Å². The van der Waals surface area contributed by atoms with Crippen molar-refractivity contribution in [3.8, 4) is 0 Å². The molecule has 1 aromatic carbocycles. The maximum absolute atomic E-state index is 12.1. The lowest BCUT2D eigenvalue weighted by atomic mass is 10.1. The zero-order valence-electron chi connectivity index (χ0n) is 11.2. The van der Waals surface area contributed by atoms with Crippen LogP contribution in [0.4, 0.5) is 0 Å². The molecule has 18 heavy (non-hydrogen) atoms. The molecule has 4 heteroatoms. The number of carbonyl (C=O) groups excluding carboxylic acids is 1. The monoisotopic (exact) mass is 312 g/mol. The van der Waals surface area contributed by atoms with Gasteiger partial charge in [-0.3, -0.25) is 4.79 Å². The Bertz CT molecular complexity index is 393. The summed E-state index contributed by atoms with van der Waals surface area (Å²) in [6.07, 6.45) is 0.544. The molecule has 3 nitrogen and oxygen atoms in total. The van der Waals surface area contributed by atoms with Gasteiger partial charge in [0, 0.05) is 30.0 Å². The highest BCUT2D eigenvalue weighted by molar-refractivity contribution is 9.10. The zero-order chi connectivity index (χ0) is 13.5. The Morgan fingerprint density at radius 2 is 2.17 bits per heavy atom. The Morgan fingerprint density at radius 3 is 2.72 bits per heavy atom. The van der Waals surface area contributed by atoms with Crippen molar-refractivity contribution >= 4 is 21.8 Å². The van der Waals surface area contributed by atoms with Crippen molar-refractivity contribution in [1.29, 1.82) is 0 Å². The lowest BCUT2D eigenvalue weighted by Crippen LogP contribution is -2.37. The molecule has 0 unspecified atom stereocenters. The van der Waals surface area contributed by atoms with Crippen LogP contribution in [0.15, 0.2) is 28.7 Å². The van der Waals surface area contributed by atoms with Gasteiger partial charge in [-0.05, 0) is 38.6 Å². The molecule has 0 atom stereocenters. The first-order valence-corrected chi connectivity index (χ1v) is 7.02. The van der Waals surface area contributed by atoms with E-state index >= 15 is 0 Å². The van der Waals surface area contributed by atoms with E-state index in [2.05, 4.69) is 41.2 Å². The minimum absolute atomic E-state index is 0.194. The van der Waals surface area contributed by atoms with Gasteiger partial charge in [0.05, 0.1) is 0 Å². The second kappa shape index (κ2) is 7.54. The Morgan fingerprint density at radius 1 is 1.44 bits per heavy atom. The van der Waals surface area contributed by atoms with Gasteiger partial charge in [-0.25, -0.2) is 0 Å². The number of halogens is 1. The number of nitrogens with one attached hydrogen (secondary N) is 1. The lowest BCUT2D eigenvalue weighted by Gasteiger charge is -2.27. The van der Waals surface area contributed by atoms with Crippen molar-refractivity contribution in [2.24, 2.45) is 0 Å². The first-order chi connectivity index (χ1) is 8.54.